The largest absolute Gasteiger partial charge is 0.495 e. The van der Waals surface area contributed by atoms with E-state index in [9.17, 15) is 4.79 Å². The van der Waals surface area contributed by atoms with Crippen LogP contribution >= 0.6 is 0 Å². The maximum Gasteiger partial charge on any atom is 0.273 e. The number of hydrogen-bond donors (Lipinski definition) is 4. The lowest BCUT2D eigenvalue weighted by molar-refractivity contribution is 0.0995. The van der Waals surface area contributed by atoms with E-state index in [0.717, 1.165) is 30.8 Å². The molecule has 1 unspecified atom stereocenters. The first kappa shape index (κ1) is 22.4. The number of hydrogen-bond acceptors (Lipinski definition) is 9. The maximum absolute atomic E-state index is 12.0. The minimum atomic E-state index is -0.736. The Balaban J connectivity index is 1.69. The highest BCUT2D eigenvalue weighted by atomic mass is 16.5. The number of carbonyl (C=O) groups is 1. The highest BCUT2D eigenvalue weighted by Gasteiger charge is 2.19. The highest BCUT2D eigenvalue weighted by Crippen LogP contribution is 2.32. The molecule has 4 rings (SSSR count). The summed E-state index contributed by atoms with van der Waals surface area (Å²) in [5.74, 6) is 0.317. The molecule has 0 spiro atoms. The number of amides is 1. The van der Waals surface area contributed by atoms with E-state index in [4.69, 9.17) is 15.2 Å². The molecule has 172 valence electrons. The second-order valence-corrected chi connectivity index (χ2v) is 7.66. The molecule has 1 aliphatic heterocycles. The topological polar surface area (TPSA) is 136 Å². The third-order valence-corrected chi connectivity index (χ3v) is 5.58. The molecular formula is C23H27N7O3. The van der Waals surface area contributed by atoms with Crippen LogP contribution in [0, 0.1) is 0 Å². The Hall–Kier alpha value is -3.76. The fourth-order valence-electron chi connectivity index (χ4n) is 3.75. The summed E-state index contributed by atoms with van der Waals surface area (Å²) in [6.07, 6.45) is 0.738. The molecule has 0 bridgehead atoms. The number of fused-ring (bicyclic) bond motifs is 1. The van der Waals surface area contributed by atoms with Crippen molar-refractivity contribution in [1.82, 2.24) is 20.5 Å². The normalized spacial score (nSPS) is 13.7. The van der Waals surface area contributed by atoms with E-state index in [1.54, 1.807) is 14.2 Å². The van der Waals surface area contributed by atoms with E-state index < -0.39 is 5.91 Å². The van der Waals surface area contributed by atoms with Crippen LogP contribution in [0.1, 0.15) is 40.2 Å². The molecule has 0 saturated heterocycles. The molecule has 1 amide bonds. The van der Waals surface area contributed by atoms with Gasteiger partial charge in [0.25, 0.3) is 5.91 Å². The van der Waals surface area contributed by atoms with Crippen LogP contribution in [0.25, 0.3) is 0 Å². The van der Waals surface area contributed by atoms with E-state index >= 15 is 0 Å². The lowest BCUT2D eigenvalue weighted by atomic mass is 10.00. The van der Waals surface area contributed by atoms with Gasteiger partial charge in [-0.05, 0) is 49.2 Å². The van der Waals surface area contributed by atoms with Crippen LogP contribution in [0.3, 0.4) is 0 Å². The fourth-order valence-corrected chi connectivity index (χ4v) is 3.75. The number of para-hydroxylation sites is 1. The SMILES string of the molecule is COc1cc2c(cc1Nc1nnc(C(N)=O)c(Nc3ccccc3C(C)OC)n1)CCNC2. The standard InChI is InChI=1S/C23H27N7O3/c1-13(32-2)16-6-4-5-7-17(16)26-22-20(21(24)31)29-30-23(28-22)27-18-10-14-8-9-25-12-15(14)11-19(18)33-3/h4-7,10-11,13,25H,8-9,12H2,1-3H3,(H2,24,31)(H2,26,27,28,30). The number of anilines is 4. The Morgan fingerprint density at radius 1 is 1.12 bits per heavy atom. The summed E-state index contributed by atoms with van der Waals surface area (Å²) in [5.41, 5.74) is 10.2. The molecule has 1 aliphatic rings. The van der Waals surface area contributed by atoms with E-state index in [-0.39, 0.29) is 23.6 Å². The van der Waals surface area contributed by atoms with Gasteiger partial charge in [-0.25, -0.2) is 0 Å². The molecule has 3 aromatic rings. The number of carbonyl (C=O) groups excluding carboxylic acids is 1. The summed E-state index contributed by atoms with van der Waals surface area (Å²) >= 11 is 0. The number of nitrogens with two attached hydrogens (primary N) is 1. The van der Waals surface area contributed by atoms with Crippen molar-refractivity contribution in [3.8, 4) is 5.75 Å². The molecule has 2 aromatic carbocycles. The summed E-state index contributed by atoms with van der Waals surface area (Å²) in [5, 5.41) is 17.8. The van der Waals surface area contributed by atoms with Crippen LogP contribution in [-0.2, 0) is 17.7 Å². The maximum atomic E-state index is 12.0. The van der Waals surface area contributed by atoms with Crippen LogP contribution in [0.4, 0.5) is 23.1 Å². The average Bonchev–Trinajstić information content (AvgIpc) is 2.83. The van der Waals surface area contributed by atoms with Gasteiger partial charge >= 0.3 is 0 Å². The second kappa shape index (κ2) is 9.80. The van der Waals surface area contributed by atoms with Gasteiger partial charge in [0.1, 0.15) is 5.75 Å². The fraction of sp³-hybridized carbons (Fsp3) is 0.304. The lowest BCUT2D eigenvalue weighted by Gasteiger charge is -2.20. The quantitative estimate of drug-likeness (QED) is 0.409. The lowest BCUT2D eigenvalue weighted by Crippen LogP contribution is -2.23. The molecular weight excluding hydrogens is 422 g/mol. The molecule has 0 saturated carbocycles. The molecule has 1 aromatic heterocycles. The van der Waals surface area contributed by atoms with Crippen molar-refractivity contribution in [2.75, 3.05) is 31.4 Å². The first-order valence-electron chi connectivity index (χ1n) is 10.6. The van der Waals surface area contributed by atoms with Gasteiger partial charge < -0.3 is 31.2 Å². The number of nitrogens with zero attached hydrogens (tertiary/aromatic N) is 3. The number of aromatic nitrogens is 3. The number of nitrogens with one attached hydrogen (secondary N) is 3. The van der Waals surface area contributed by atoms with Crippen LogP contribution < -0.4 is 26.4 Å². The third-order valence-electron chi connectivity index (χ3n) is 5.58. The molecule has 33 heavy (non-hydrogen) atoms. The molecule has 1 atom stereocenters. The first-order chi connectivity index (χ1) is 16.0. The molecule has 0 radical (unpaired) electrons. The van der Waals surface area contributed by atoms with Crippen molar-refractivity contribution >= 4 is 29.0 Å². The average molecular weight is 450 g/mol. The minimum Gasteiger partial charge on any atom is -0.495 e. The van der Waals surface area contributed by atoms with E-state index in [0.29, 0.717) is 11.4 Å². The third kappa shape index (κ3) is 4.86. The summed E-state index contributed by atoms with van der Waals surface area (Å²) < 4.78 is 11.0. The van der Waals surface area contributed by atoms with Crippen LogP contribution in [-0.4, -0.2) is 41.9 Å². The second-order valence-electron chi connectivity index (χ2n) is 7.66. The van der Waals surface area contributed by atoms with Gasteiger partial charge in [0.15, 0.2) is 11.5 Å². The number of benzene rings is 2. The number of primary amides is 1. The number of rotatable bonds is 8. The molecule has 2 heterocycles. The Labute approximate surface area is 191 Å². The summed E-state index contributed by atoms with van der Waals surface area (Å²) in [6.45, 7) is 3.64. The van der Waals surface area contributed by atoms with Crippen molar-refractivity contribution < 1.29 is 14.3 Å². The van der Waals surface area contributed by atoms with Gasteiger partial charge in [-0.15, -0.1) is 10.2 Å². The highest BCUT2D eigenvalue weighted by molar-refractivity contribution is 5.96. The van der Waals surface area contributed by atoms with Gasteiger partial charge in [-0.1, -0.05) is 18.2 Å². The smallest absolute Gasteiger partial charge is 0.273 e. The molecule has 0 fully saturated rings. The molecule has 0 aliphatic carbocycles. The molecule has 10 heteroatoms. The first-order valence-corrected chi connectivity index (χ1v) is 10.6. The Kier molecular flexibility index (Phi) is 6.66. The summed E-state index contributed by atoms with van der Waals surface area (Å²) in [7, 11) is 3.24. The van der Waals surface area contributed by atoms with Crippen molar-refractivity contribution in [2.45, 2.75) is 26.0 Å². The van der Waals surface area contributed by atoms with Gasteiger partial charge in [-0.2, -0.15) is 4.98 Å². The predicted molar refractivity (Wildman–Crippen MR) is 125 cm³/mol. The van der Waals surface area contributed by atoms with Gasteiger partial charge in [-0.3, -0.25) is 4.79 Å². The van der Waals surface area contributed by atoms with E-state index in [1.165, 1.54) is 11.1 Å². The predicted octanol–water partition coefficient (Wildman–Crippen LogP) is 2.82. The number of methoxy groups -OCH3 is 2. The monoisotopic (exact) mass is 449 g/mol. The Morgan fingerprint density at radius 2 is 1.94 bits per heavy atom. The summed E-state index contributed by atoms with van der Waals surface area (Å²) in [6, 6.07) is 11.6. The number of ether oxygens (including phenoxy) is 2. The molecule has 5 N–H and O–H groups in total. The zero-order valence-corrected chi connectivity index (χ0v) is 18.8. The Morgan fingerprint density at radius 3 is 2.70 bits per heavy atom. The Bertz CT molecular complexity index is 1170. The van der Waals surface area contributed by atoms with Crippen molar-refractivity contribution in [3.05, 3.63) is 58.8 Å². The van der Waals surface area contributed by atoms with Gasteiger partial charge in [0.2, 0.25) is 5.95 Å². The van der Waals surface area contributed by atoms with Crippen molar-refractivity contribution in [1.29, 1.82) is 0 Å². The summed E-state index contributed by atoms with van der Waals surface area (Å²) in [4.78, 5) is 16.5. The van der Waals surface area contributed by atoms with Crippen molar-refractivity contribution in [2.24, 2.45) is 5.73 Å². The van der Waals surface area contributed by atoms with Crippen molar-refractivity contribution in [3.63, 3.8) is 0 Å². The zero-order chi connectivity index (χ0) is 23.4. The minimum absolute atomic E-state index is 0.0658. The van der Waals surface area contributed by atoms with Gasteiger partial charge in [0.05, 0.1) is 18.9 Å². The molecule has 10 nitrogen and oxygen atoms in total. The van der Waals surface area contributed by atoms with Crippen LogP contribution in [0.2, 0.25) is 0 Å². The van der Waals surface area contributed by atoms with Crippen LogP contribution in [0.5, 0.6) is 5.75 Å². The van der Waals surface area contributed by atoms with E-state index in [2.05, 4.69) is 31.1 Å². The van der Waals surface area contributed by atoms with E-state index in [1.807, 2.05) is 43.3 Å². The zero-order valence-electron chi connectivity index (χ0n) is 18.8. The van der Waals surface area contributed by atoms with Gasteiger partial charge in [0, 0.05) is 24.9 Å². The van der Waals surface area contributed by atoms with Crippen LogP contribution in [0.15, 0.2) is 36.4 Å².